The third kappa shape index (κ3) is 4.76. The first kappa shape index (κ1) is 17.4. The van der Waals surface area contributed by atoms with Gasteiger partial charge in [0, 0.05) is 26.5 Å². The van der Waals surface area contributed by atoms with Gasteiger partial charge < -0.3 is 10.4 Å². The minimum atomic E-state index is -0.251. The van der Waals surface area contributed by atoms with E-state index >= 15 is 0 Å². The van der Waals surface area contributed by atoms with Crippen molar-refractivity contribution in [3.63, 3.8) is 0 Å². The van der Waals surface area contributed by atoms with Gasteiger partial charge in [-0.1, -0.05) is 22.9 Å². The third-order valence-corrected chi connectivity index (χ3v) is 5.29. The maximum Gasteiger partial charge on any atom is 0.238 e. The van der Waals surface area contributed by atoms with Crippen molar-refractivity contribution in [2.75, 3.05) is 25.0 Å². The van der Waals surface area contributed by atoms with E-state index in [-0.39, 0.29) is 17.9 Å². The van der Waals surface area contributed by atoms with Gasteiger partial charge in [0.2, 0.25) is 5.91 Å². The van der Waals surface area contributed by atoms with Crippen LogP contribution < -0.4 is 5.32 Å². The zero-order chi connectivity index (χ0) is 15.6. The van der Waals surface area contributed by atoms with Crippen molar-refractivity contribution in [2.24, 2.45) is 5.92 Å². The van der Waals surface area contributed by atoms with Crippen LogP contribution in [0.1, 0.15) is 13.3 Å². The van der Waals surface area contributed by atoms with Crippen molar-refractivity contribution < 1.29 is 9.90 Å². The third-order valence-electron chi connectivity index (χ3n) is 3.58. The molecular weight excluding hydrogens is 468 g/mol. The van der Waals surface area contributed by atoms with Crippen LogP contribution in [0.5, 0.6) is 0 Å². The molecule has 0 radical (unpaired) electrons. The first-order valence-electron chi connectivity index (χ1n) is 6.71. The summed E-state index contributed by atoms with van der Waals surface area (Å²) >= 11 is 10.3. The lowest BCUT2D eigenvalue weighted by atomic mass is 9.97. The van der Waals surface area contributed by atoms with Gasteiger partial charge in [0.05, 0.1) is 18.3 Å². The molecule has 1 fully saturated rings. The fourth-order valence-corrected chi connectivity index (χ4v) is 4.86. The highest BCUT2D eigenvalue weighted by atomic mass is 79.9. The molecule has 1 aromatic rings. The Morgan fingerprint density at radius 1 is 1.38 bits per heavy atom. The van der Waals surface area contributed by atoms with Crippen LogP contribution in [0.3, 0.4) is 0 Å². The zero-order valence-electron chi connectivity index (χ0n) is 11.6. The van der Waals surface area contributed by atoms with Crippen molar-refractivity contribution in [3.05, 3.63) is 25.6 Å². The molecule has 116 valence electrons. The second kappa shape index (κ2) is 7.55. The van der Waals surface area contributed by atoms with E-state index in [9.17, 15) is 9.90 Å². The number of likely N-dealkylation sites (tertiary alicyclic amines) is 1. The summed E-state index contributed by atoms with van der Waals surface area (Å²) in [5.74, 6) is 0.153. The van der Waals surface area contributed by atoms with E-state index in [4.69, 9.17) is 0 Å². The minimum absolute atomic E-state index is 0.0534. The van der Waals surface area contributed by atoms with Crippen LogP contribution in [0.2, 0.25) is 0 Å². The predicted octanol–water partition coefficient (Wildman–Crippen LogP) is 3.62. The number of nitrogens with zero attached hydrogens (tertiary/aromatic N) is 1. The van der Waals surface area contributed by atoms with Crippen molar-refractivity contribution in [3.8, 4) is 0 Å². The first-order chi connectivity index (χ1) is 9.86. The molecule has 0 saturated carbocycles. The van der Waals surface area contributed by atoms with Crippen LogP contribution in [0.25, 0.3) is 0 Å². The van der Waals surface area contributed by atoms with Gasteiger partial charge in [0.1, 0.15) is 0 Å². The maximum atomic E-state index is 12.2. The van der Waals surface area contributed by atoms with E-state index in [1.54, 1.807) is 0 Å². The number of hydrogen-bond donors (Lipinski definition) is 2. The summed E-state index contributed by atoms with van der Waals surface area (Å²) in [5.41, 5.74) is 0.730. The van der Waals surface area contributed by atoms with Crippen LogP contribution in [0.4, 0.5) is 5.69 Å². The zero-order valence-corrected chi connectivity index (χ0v) is 16.3. The fraction of sp³-hybridized carbons (Fsp3) is 0.500. The van der Waals surface area contributed by atoms with E-state index in [0.29, 0.717) is 6.54 Å². The number of aliphatic hydroxyl groups excluding tert-OH is 1. The molecule has 1 saturated heterocycles. The lowest BCUT2D eigenvalue weighted by Gasteiger charge is -2.33. The molecule has 0 aromatic heterocycles. The smallest absolute Gasteiger partial charge is 0.238 e. The Balaban J connectivity index is 1.96. The molecule has 2 atom stereocenters. The number of anilines is 1. The number of halogens is 3. The standard InChI is InChI=1S/C14H17Br3N2O2/c1-8-6-19(3-2-12(8)20)7-13(21)18-14-10(16)4-9(15)5-11(14)17/h4-5,8,12,20H,2-3,6-7H2,1H3,(H,18,21). The summed E-state index contributed by atoms with van der Waals surface area (Å²) in [6.45, 7) is 3.85. The van der Waals surface area contributed by atoms with Crippen molar-refractivity contribution in [2.45, 2.75) is 19.4 Å². The number of piperidine rings is 1. The normalized spacial score (nSPS) is 23.1. The Morgan fingerprint density at radius 2 is 2.00 bits per heavy atom. The molecule has 2 rings (SSSR count). The summed E-state index contributed by atoms with van der Waals surface area (Å²) in [7, 11) is 0. The summed E-state index contributed by atoms with van der Waals surface area (Å²) in [4.78, 5) is 14.3. The summed E-state index contributed by atoms with van der Waals surface area (Å²) < 4.78 is 2.57. The number of amides is 1. The van der Waals surface area contributed by atoms with Gasteiger partial charge in [-0.25, -0.2) is 0 Å². The monoisotopic (exact) mass is 482 g/mol. The number of nitrogens with one attached hydrogen (secondary N) is 1. The Bertz CT molecular complexity index is 516. The van der Waals surface area contributed by atoms with E-state index in [1.165, 1.54) is 0 Å². The largest absolute Gasteiger partial charge is 0.393 e. The fourth-order valence-electron chi connectivity index (χ4n) is 2.41. The number of carbonyl (C=O) groups excluding carboxylic acids is 1. The molecule has 7 heteroatoms. The number of aliphatic hydroxyl groups is 1. The van der Waals surface area contributed by atoms with E-state index in [1.807, 2.05) is 19.1 Å². The highest BCUT2D eigenvalue weighted by Gasteiger charge is 2.25. The number of hydrogen-bond acceptors (Lipinski definition) is 3. The Kier molecular flexibility index (Phi) is 6.25. The second-order valence-electron chi connectivity index (χ2n) is 5.36. The van der Waals surface area contributed by atoms with Crippen molar-refractivity contribution in [1.29, 1.82) is 0 Å². The molecule has 2 N–H and O–H groups in total. The highest BCUT2D eigenvalue weighted by Crippen LogP contribution is 2.34. The summed E-state index contributed by atoms with van der Waals surface area (Å²) in [6, 6.07) is 3.78. The van der Waals surface area contributed by atoms with Gasteiger partial charge in [-0.2, -0.15) is 0 Å². The lowest BCUT2D eigenvalue weighted by molar-refractivity contribution is -0.118. The Morgan fingerprint density at radius 3 is 2.57 bits per heavy atom. The molecule has 1 amide bonds. The number of rotatable bonds is 3. The van der Waals surface area contributed by atoms with Crippen LogP contribution in [-0.2, 0) is 4.79 Å². The second-order valence-corrected chi connectivity index (χ2v) is 7.99. The minimum Gasteiger partial charge on any atom is -0.393 e. The first-order valence-corrected chi connectivity index (χ1v) is 9.09. The lowest BCUT2D eigenvalue weighted by Crippen LogP contribution is -2.45. The van der Waals surface area contributed by atoms with Crippen LogP contribution >= 0.6 is 47.8 Å². The number of benzene rings is 1. The SMILES string of the molecule is CC1CN(CC(=O)Nc2c(Br)cc(Br)cc2Br)CCC1O. The van der Waals surface area contributed by atoms with Crippen LogP contribution in [0, 0.1) is 5.92 Å². The molecule has 1 heterocycles. The van der Waals surface area contributed by atoms with Crippen LogP contribution in [-0.4, -0.2) is 41.7 Å². The average Bonchev–Trinajstić information content (AvgIpc) is 2.38. The maximum absolute atomic E-state index is 12.2. The predicted molar refractivity (Wildman–Crippen MR) is 94.4 cm³/mol. The molecule has 1 aliphatic heterocycles. The van der Waals surface area contributed by atoms with Gasteiger partial charge in [-0.05, 0) is 56.3 Å². The Labute approximate surface area is 149 Å². The molecule has 0 bridgehead atoms. The van der Waals surface area contributed by atoms with Crippen LogP contribution in [0.15, 0.2) is 25.6 Å². The molecule has 0 aliphatic carbocycles. The summed E-state index contributed by atoms with van der Waals surface area (Å²) in [6.07, 6.45) is 0.471. The molecule has 1 aromatic carbocycles. The highest BCUT2D eigenvalue weighted by molar-refractivity contribution is 9.11. The van der Waals surface area contributed by atoms with E-state index < -0.39 is 0 Å². The molecule has 0 spiro atoms. The van der Waals surface area contributed by atoms with Crippen molar-refractivity contribution in [1.82, 2.24) is 4.90 Å². The molecule has 4 nitrogen and oxygen atoms in total. The van der Waals surface area contributed by atoms with Gasteiger partial charge in [0.25, 0.3) is 0 Å². The van der Waals surface area contributed by atoms with Gasteiger partial charge >= 0.3 is 0 Å². The Hall–Kier alpha value is 0.0500. The number of carbonyl (C=O) groups is 1. The molecule has 2 unspecified atom stereocenters. The molecule has 21 heavy (non-hydrogen) atoms. The van der Waals surface area contributed by atoms with E-state index in [2.05, 4.69) is 58.0 Å². The van der Waals surface area contributed by atoms with E-state index in [0.717, 1.165) is 38.6 Å². The summed E-state index contributed by atoms with van der Waals surface area (Å²) in [5, 5.41) is 12.6. The average molecular weight is 485 g/mol. The quantitative estimate of drug-likeness (QED) is 0.689. The molecular formula is C14H17Br3N2O2. The molecule has 1 aliphatic rings. The van der Waals surface area contributed by atoms with Gasteiger partial charge in [0.15, 0.2) is 0 Å². The topological polar surface area (TPSA) is 52.6 Å². The van der Waals surface area contributed by atoms with Crippen molar-refractivity contribution >= 4 is 59.4 Å². The van der Waals surface area contributed by atoms with Gasteiger partial charge in [-0.15, -0.1) is 0 Å². The van der Waals surface area contributed by atoms with Gasteiger partial charge in [-0.3, -0.25) is 9.69 Å².